The zero-order valence-electron chi connectivity index (χ0n) is 13.5. The highest BCUT2D eigenvalue weighted by Gasteiger charge is 2.03. The lowest BCUT2D eigenvalue weighted by molar-refractivity contribution is -0.126. The van der Waals surface area contributed by atoms with E-state index in [4.69, 9.17) is 4.74 Å². The van der Waals surface area contributed by atoms with Crippen LogP contribution in [0.4, 0.5) is 10.5 Å². The number of hydrogen-bond donors (Lipinski definition) is 2. The first kappa shape index (κ1) is 17.5. The van der Waals surface area contributed by atoms with Crippen molar-refractivity contribution in [3.63, 3.8) is 0 Å². The third kappa shape index (κ3) is 6.10. The fraction of sp³-hybridized carbons (Fsp3) is 0.222. The molecule has 0 spiro atoms. The van der Waals surface area contributed by atoms with Crippen LogP contribution >= 0.6 is 0 Å². The monoisotopic (exact) mass is 328 g/mol. The molecule has 0 fully saturated rings. The molecule has 6 heteroatoms. The van der Waals surface area contributed by atoms with E-state index < -0.39 is 6.09 Å². The van der Waals surface area contributed by atoms with Gasteiger partial charge in [-0.2, -0.15) is 0 Å². The van der Waals surface area contributed by atoms with Gasteiger partial charge in [-0.3, -0.25) is 10.1 Å². The van der Waals surface area contributed by atoms with Gasteiger partial charge in [0.15, 0.2) is 0 Å². The molecule has 2 N–H and O–H groups in total. The van der Waals surface area contributed by atoms with Crippen molar-refractivity contribution < 1.29 is 19.1 Å². The van der Waals surface area contributed by atoms with Crippen LogP contribution in [0.15, 0.2) is 54.6 Å². The van der Waals surface area contributed by atoms with Crippen molar-refractivity contribution in [3.8, 4) is 0 Å². The fourth-order valence-corrected chi connectivity index (χ4v) is 1.96. The molecule has 126 valence electrons. The smallest absolute Gasteiger partial charge is 0.411 e. The Morgan fingerprint density at radius 1 is 0.958 bits per heavy atom. The maximum atomic E-state index is 11.7. The molecule has 2 amide bonds. The Hall–Kier alpha value is -2.86. The van der Waals surface area contributed by atoms with Gasteiger partial charge in [0.2, 0.25) is 5.91 Å². The molecule has 2 aromatic rings. The first-order chi connectivity index (χ1) is 11.7. The third-order valence-electron chi connectivity index (χ3n) is 3.22. The Labute approximate surface area is 140 Å². The Morgan fingerprint density at radius 2 is 1.67 bits per heavy atom. The Morgan fingerprint density at radius 3 is 2.33 bits per heavy atom. The topological polar surface area (TPSA) is 76.7 Å². The normalized spacial score (nSPS) is 10.0. The van der Waals surface area contributed by atoms with Crippen LogP contribution in [-0.2, 0) is 27.4 Å². The number of rotatable bonds is 7. The van der Waals surface area contributed by atoms with Gasteiger partial charge in [0.25, 0.3) is 0 Å². The minimum absolute atomic E-state index is 0.0108. The van der Waals surface area contributed by atoms with Crippen LogP contribution in [0, 0.1) is 0 Å². The highest BCUT2D eigenvalue weighted by molar-refractivity contribution is 5.84. The van der Waals surface area contributed by atoms with Crippen molar-refractivity contribution in [2.24, 2.45) is 0 Å². The molecule has 0 aliphatic carbocycles. The van der Waals surface area contributed by atoms with Gasteiger partial charge in [0, 0.05) is 12.2 Å². The summed E-state index contributed by atoms with van der Waals surface area (Å²) in [6, 6.07) is 16.8. The summed E-state index contributed by atoms with van der Waals surface area (Å²) >= 11 is 0. The van der Waals surface area contributed by atoms with E-state index in [1.807, 2.05) is 42.5 Å². The number of hydrogen-bond acceptors (Lipinski definition) is 4. The van der Waals surface area contributed by atoms with Gasteiger partial charge in [0.05, 0.1) is 13.7 Å². The molecule has 0 radical (unpaired) electrons. The molecule has 0 aliphatic rings. The molecule has 0 saturated carbocycles. The quantitative estimate of drug-likeness (QED) is 0.819. The zero-order chi connectivity index (χ0) is 17.2. The second-order valence-electron chi connectivity index (χ2n) is 5.07. The van der Waals surface area contributed by atoms with E-state index in [0.717, 1.165) is 11.1 Å². The molecular formula is C18H20N2O4. The molecular weight excluding hydrogens is 308 g/mol. The van der Waals surface area contributed by atoms with E-state index >= 15 is 0 Å². The summed E-state index contributed by atoms with van der Waals surface area (Å²) in [5, 5.41) is 5.34. The molecule has 0 aliphatic heterocycles. The molecule has 6 nitrogen and oxygen atoms in total. The molecule has 2 aromatic carbocycles. The summed E-state index contributed by atoms with van der Waals surface area (Å²) in [6.45, 7) is 0.811. The third-order valence-corrected chi connectivity index (χ3v) is 3.22. The number of amides is 2. The number of nitrogens with one attached hydrogen (secondary N) is 2. The summed E-state index contributed by atoms with van der Waals surface area (Å²) < 4.78 is 9.88. The number of carbonyl (C=O) groups is 2. The van der Waals surface area contributed by atoms with E-state index in [0.29, 0.717) is 18.8 Å². The average Bonchev–Trinajstić information content (AvgIpc) is 2.62. The number of anilines is 1. The number of methoxy groups -OCH3 is 1. The Bertz CT molecular complexity index is 656. The van der Waals surface area contributed by atoms with Gasteiger partial charge in [-0.05, 0) is 23.3 Å². The summed E-state index contributed by atoms with van der Waals surface area (Å²) in [7, 11) is 1.30. The number of carbonyl (C=O) groups excluding carboxylic acids is 2. The van der Waals surface area contributed by atoms with Crippen molar-refractivity contribution in [2.45, 2.75) is 13.2 Å². The van der Waals surface area contributed by atoms with Crippen LogP contribution in [0.5, 0.6) is 0 Å². The summed E-state index contributed by atoms with van der Waals surface area (Å²) in [5.41, 5.74) is 2.57. The summed E-state index contributed by atoms with van der Waals surface area (Å²) in [6.07, 6.45) is -0.522. The zero-order valence-corrected chi connectivity index (χ0v) is 13.5. The lowest BCUT2D eigenvalue weighted by atomic mass is 10.2. The first-order valence-electron chi connectivity index (χ1n) is 7.49. The van der Waals surface area contributed by atoms with E-state index in [1.54, 1.807) is 12.1 Å². The SMILES string of the molecule is COC(=O)Nc1ccc(CNC(=O)COCc2ccccc2)cc1. The average molecular weight is 328 g/mol. The van der Waals surface area contributed by atoms with Gasteiger partial charge in [-0.25, -0.2) is 4.79 Å². The molecule has 0 atom stereocenters. The van der Waals surface area contributed by atoms with Gasteiger partial charge >= 0.3 is 6.09 Å². The second-order valence-corrected chi connectivity index (χ2v) is 5.07. The van der Waals surface area contributed by atoms with Crippen molar-refractivity contribution in [1.29, 1.82) is 0 Å². The molecule has 0 aromatic heterocycles. The minimum Gasteiger partial charge on any atom is -0.453 e. The van der Waals surface area contributed by atoms with Crippen LogP contribution in [0.25, 0.3) is 0 Å². The van der Waals surface area contributed by atoms with Crippen molar-refractivity contribution >= 4 is 17.7 Å². The maximum absolute atomic E-state index is 11.7. The van der Waals surface area contributed by atoms with Gasteiger partial charge in [-0.15, -0.1) is 0 Å². The van der Waals surface area contributed by atoms with E-state index in [9.17, 15) is 9.59 Å². The lowest BCUT2D eigenvalue weighted by Crippen LogP contribution is -2.27. The van der Waals surface area contributed by atoms with Gasteiger partial charge in [-0.1, -0.05) is 42.5 Å². The van der Waals surface area contributed by atoms with Crippen molar-refractivity contribution in [1.82, 2.24) is 5.32 Å². The van der Waals surface area contributed by atoms with Crippen molar-refractivity contribution in [3.05, 3.63) is 65.7 Å². The molecule has 0 heterocycles. The van der Waals surface area contributed by atoms with Crippen LogP contribution < -0.4 is 10.6 Å². The van der Waals surface area contributed by atoms with Gasteiger partial charge < -0.3 is 14.8 Å². The van der Waals surface area contributed by atoms with E-state index in [-0.39, 0.29) is 12.5 Å². The molecule has 24 heavy (non-hydrogen) atoms. The van der Waals surface area contributed by atoms with Crippen LogP contribution in [0.1, 0.15) is 11.1 Å². The Balaban J connectivity index is 1.68. The van der Waals surface area contributed by atoms with Gasteiger partial charge in [0.1, 0.15) is 6.61 Å². The number of ether oxygens (including phenoxy) is 2. The van der Waals surface area contributed by atoms with Crippen LogP contribution in [0.3, 0.4) is 0 Å². The van der Waals surface area contributed by atoms with E-state index in [1.165, 1.54) is 7.11 Å². The molecule has 0 saturated heterocycles. The predicted molar refractivity (Wildman–Crippen MR) is 90.4 cm³/mol. The minimum atomic E-state index is -0.522. The molecule has 2 rings (SSSR count). The largest absolute Gasteiger partial charge is 0.453 e. The first-order valence-corrected chi connectivity index (χ1v) is 7.49. The molecule has 0 bridgehead atoms. The highest BCUT2D eigenvalue weighted by Crippen LogP contribution is 2.09. The van der Waals surface area contributed by atoms with Crippen LogP contribution in [0.2, 0.25) is 0 Å². The standard InChI is InChI=1S/C18H20N2O4/c1-23-18(22)20-16-9-7-14(8-10-16)11-19-17(21)13-24-12-15-5-3-2-4-6-15/h2-10H,11-13H2,1H3,(H,19,21)(H,20,22). The molecule has 0 unspecified atom stereocenters. The number of benzene rings is 2. The van der Waals surface area contributed by atoms with Crippen molar-refractivity contribution in [2.75, 3.05) is 19.0 Å². The Kier molecular flexibility index (Phi) is 6.79. The highest BCUT2D eigenvalue weighted by atomic mass is 16.5. The summed E-state index contributed by atoms with van der Waals surface area (Å²) in [5.74, 6) is -0.178. The van der Waals surface area contributed by atoms with Crippen LogP contribution in [-0.4, -0.2) is 25.7 Å². The predicted octanol–water partition coefficient (Wildman–Crippen LogP) is 2.70. The summed E-state index contributed by atoms with van der Waals surface area (Å²) in [4.78, 5) is 22.8. The maximum Gasteiger partial charge on any atom is 0.411 e. The van der Waals surface area contributed by atoms with E-state index in [2.05, 4.69) is 15.4 Å². The fourth-order valence-electron chi connectivity index (χ4n) is 1.96. The lowest BCUT2D eigenvalue weighted by Gasteiger charge is -2.08. The second kappa shape index (κ2) is 9.32.